The second-order valence-corrected chi connectivity index (χ2v) is 10.2. The predicted octanol–water partition coefficient (Wildman–Crippen LogP) is 8.08. The largest absolute Gasteiger partial charge is 0.487 e. The minimum atomic E-state index is -0.724. The van der Waals surface area contributed by atoms with Crippen LogP contribution >= 0.6 is 23.2 Å². The molecular weight excluding hydrogens is 493 g/mol. The van der Waals surface area contributed by atoms with E-state index < -0.39 is 17.7 Å². The van der Waals surface area contributed by atoms with E-state index in [1.165, 1.54) is 30.8 Å². The molecule has 2 N–H and O–H groups in total. The fourth-order valence-corrected chi connectivity index (χ4v) is 5.85. The van der Waals surface area contributed by atoms with Crippen molar-refractivity contribution in [1.29, 1.82) is 0 Å². The van der Waals surface area contributed by atoms with Crippen LogP contribution in [0.25, 0.3) is 11.1 Å². The van der Waals surface area contributed by atoms with Crippen molar-refractivity contribution in [2.24, 2.45) is 0 Å². The Kier molecular flexibility index (Phi) is 6.53. The number of aromatic nitrogens is 1. The molecule has 0 bridgehead atoms. The number of aryl methyl sites for hydroxylation is 1. The number of fused-ring (bicyclic) bond motifs is 1. The SMILES string of the molecule is C[C@@H](Oc1cc(-c2cc3c(cc2F)OC2(CCCCC2)CC3)cnc1N)c1c(Cl)ccc(F)c1Cl. The summed E-state index contributed by atoms with van der Waals surface area (Å²) in [5, 5.41) is 0.146. The number of nitrogens with two attached hydrogens (primary N) is 1. The second-order valence-electron chi connectivity index (χ2n) is 9.41. The van der Waals surface area contributed by atoms with Crippen LogP contribution in [-0.2, 0) is 6.42 Å². The van der Waals surface area contributed by atoms with Gasteiger partial charge in [-0.05, 0) is 75.3 Å². The van der Waals surface area contributed by atoms with Crippen LogP contribution in [0.3, 0.4) is 0 Å². The highest BCUT2D eigenvalue weighted by molar-refractivity contribution is 6.36. The third-order valence-corrected chi connectivity index (χ3v) is 7.79. The van der Waals surface area contributed by atoms with Gasteiger partial charge in [-0.2, -0.15) is 0 Å². The molecule has 2 heterocycles. The van der Waals surface area contributed by atoms with Gasteiger partial charge in [0.2, 0.25) is 0 Å². The van der Waals surface area contributed by atoms with Gasteiger partial charge in [0, 0.05) is 34.0 Å². The van der Waals surface area contributed by atoms with Crippen molar-refractivity contribution < 1.29 is 18.3 Å². The van der Waals surface area contributed by atoms with Crippen LogP contribution in [0.4, 0.5) is 14.6 Å². The highest BCUT2D eigenvalue weighted by Gasteiger charge is 2.37. The Bertz CT molecular complexity index is 1280. The topological polar surface area (TPSA) is 57.4 Å². The molecule has 1 saturated carbocycles. The van der Waals surface area contributed by atoms with E-state index in [-0.39, 0.29) is 27.2 Å². The lowest BCUT2D eigenvalue weighted by Gasteiger charge is -2.41. The number of pyridine rings is 1. The first-order chi connectivity index (χ1) is 16.8. The Morgan fingerprint density at radius 1 is 1.06 bits per heavy atom. The molecule has 35 heavy (non-hydrogen) atoms. The van der Waals surface area contributed by atoms with Gasteiger partial charge in [0.1, 0.15) is 29.1 Å². The molecule has 1 atom stereocenters. The second kappa shape index (κ2) is 9.47. The van der Waals surface area contributed by atoms with Gasteiger partial charge in [0.15, 0.2) is 11.6 Å². The summed E-state index contributed by atoms with van der Waals surface area (Å²) in [5.41, 5.74) is 8.06. The van der Waals surface area contributed by atoms with Crippen LogP contribution in [-0.4, -0.2) is 10.6 Å². The highest BCUT2D eigenvalue weighted by atomic mass is 35.5. The molecular formula is C27H26Cl2F2N2O2. The van der Waals surface area contributed by atoms with Gasteiger partial charge in [-0.25, -0.2) is 13.8 Å². The number of hydrogen-bond donors (Lipinski definition) is 1. The zero-order valence-electron chi connectivity index (χ0n) is 19.3. The summed E-state index contributed by atoms with van der Waals surface area (Å²) in [7, 11) is 0. The van der Waals surface area contributed by atoms with Gasteiger partial charge in [-0.15, -0.1) is 0 Å². The summed E-state index contributed by atoms with van der Waals surface area (Å²) < 4.78 is 41.6. The molecule has 5 rings (SSSR count). The molecule has 3 aromatic rings. The average molecular weight is 519 g/mol. The number of anilines is 1. The van der Waals surface area contributed by atoms with Crippen LogP contribution in [0, 0.1) is 11.6 Å². The van der Waals surface area contributed by atoms with E-state index in [1.807, 2.05) is 6.07 Å². The molecule has 8 heteroatoms. The molecule has 1 aromatic heterocycles. The maximum atomic E-state index is 15.3. The molecule has 4 nitrogen and oxygen atoms in total. The van der Waals surface area contributed by atoms with E-state index >= 15 is 4.39 Å². The predicted molar refractivity (Wildman–Crippen MR) is 134 cm³/mol. The summed E-state index contributed by atoms with van der Waals surface area (Å²) >= 11 is 12.4. The highest BCUT2D eigenvalue weighted by Crippen LogP contribution is 2.44. The number of halogens is 4. The quantitative estimate of drug-likeness (QED) is 0.354. The third kappa shape index (κ3) is 4.66. The van der Waals surface area contributed by atoms with Gasteiger partial charge in [-0.3, -0.25) is 0 Å². The molecule has 1 aliphatic heterocycles. The van der Waals surface area contributed by atoms with E-state index in [1.54, 1.807) is 13.0 Å². The monoisotopic (exact) mass is 518 g/mol. The van der Waals surface area contributed by atoms with Gasteiger partial charge >= 0.3 is 0 Å². The van der Waals surface area contributed by atoms with Gasteiger partial charge < -0.3 is 15.2 Å². The number of ether oxygens (including phenoxy) is 2. The zero-order chi connectivity index (χ0) is 24.7. The summed E-state index contributed by atoms with van der Waals surface area (Å²) in [6, 6.07) is 7.53. The molecule has 1 spiro atoms. The number of nitrogen functional groups attached to an aromatic ring is 1. The molecule has 1 fully saturated rings. The van der Waals surface area contributed by atoms with E-state index in [0.29, 0.717) is 22.4 Å². The van der Waals surface area contributed by atoms with Crippen molar-refractivity contribution in [3.8, 4) is 22.6 Å². The normalized spacial score (nSPS) is 17.5. The van der Waals surface area contributed by atoms with Crippen molar-refractivity contribution in [3.63, 3.8) is 0 Å². The Morgan fingerprint density at radius 2 is 1.83 bits per heavy atom. The lowest BCUT2D eigenvalue weighted by atomic mass is 9.78. The van der Waals surface area contributed by atoms with Crippen molar-refractivity contribution in [3.05, 3.63) is 69.3 Å². The van der Waals surface area contributed by atoms with E-state index in [0.717, 1.165) is 44.1 Å². The fraction of sp³-hybridized carbons (Fsp3) is 0.370. The summed E-state index contributed by atoms with van der Waals surface area (Å²) in [6.45, 7) is 1.68. The first kappa shape index (κ1) is 24.1. The minimum Gasteiger partial charge on any atom is -0.487 e. The lowest BCUT2D eigenvalue weighted by molar-refractivity contribution is 0.0105. The van der Waals surface area contributed by atoms with Crippen molar-refractivity contribution in [2.75, 3.05) is 5.73 Å². The Labute approximate surface area is 213 Å². The van der Waals surface area contributed by atoms with Crippen LogP contribution in [0.1, 0.15) is 62.7 Å². The van der Waals surface area contributed by atoms with Crippen molar-refractivity contribution in [1.82, 2.24) is 4.98 Å². The first-order valence-corrected chi connectivity index (χ1v) is 12.6. The smallest absolute Gasteiger partial charge is 0.166 e. The fourth-order valence-electron chi connectivity index (χ4n) is 5.17. The number of nitrogens with zero attached hydrogens (tertiary/aromatic N) is 1. The van der Waals surface area contributed by atoms with Crippen LogP contribution in [0.2, 0.25) is 10.0 Å². The summed E-state index contributed by atoms with van der Waals surface area (Å²) in [4.78, 5) is 4.20. The Morgan fingerprint density at radius 3 is 2.60 bits per heavy atom. The maximum absolute atomic E-state index is 15.3. The first-order valence-electron chi connectivity index (χ1n) is 11.8. The number of hydrogen-bond acceptors (Lipinski definition) is 4. The standard InChI is InChI=1S/C27H26Cl2F2N2O2/c1-15(24-19(28)5-6-20(30)25(24)29)34-23-12-17(14-33-26(23)32)18-11-16-7-10-27(8-3-2-4-9-27)35-22(16)13-21(18)31/h5-6,11-15H,2-4,7-10H2,1H3,(H2,32,33)/t15-/m1/s1. The molecule has 0 unspecified atom stereocenters. The minimum absolute atomic E-state index is 0.116. The van der Waals surface area contributed by atoms with Crippen molar-refractivity contribution in [2.45, 2.75) is 63.6 Å². The molecule has 0 radical (unpaired) electrons. The number of benzene rings is 2. The van der Waals surface area contributed by atoms with Crippen LogP contribution in [0.15, 0.2) is 36.5 Å². The molecule has 2 aromatic carbocycles. The Hall–Kier alpha value is -2.57. The van der Waals surface area contributed by atoms with E-state index in [4.69, 9.17) is 38.4 Å². The average Bonchev–Trinajstić information content (AvgIpc) is 2.83. The number of rotatable bonds is 4. The molecule has 1 aliphatic carbocycles. The molecule has 0 amide bonds. The van der Waals surface area contributed by atoms with Crippen LogP contribution < -0.4 is 15.2 Å². The summed E-state index contributed by atoms with van der Waals surface area (Å²) in [5.74, 6) is -0.0393. The van der Waals surface area contributed by atoms with E-state index in [2.05, 4.69) is 4.98 Å². The summed E-state index contributed by atoms with van der Waals surface area (Å²) in [6.07, 6.45) is 8.14. The van der Waals surface area contributed by atoms with Crippen molar-refractivity contribution >= 4 is 29.0 Å². The third-order valence-electron chi connectivity index (χ3n) is 7.07. The van der Waals surface area contributed by atoms with E-state index in [9.17, 15) is 4.39 Å². The van der Waals surface area contributed by atoms with Gasteiger partial charge in [0.25, 0.3) is 0 Å². The molecule has 184 valence electrons. The molecule has 0 saturated heterocycles. The van der Waals surface area contributed by atoms with Crippen LogP contribution in [0.5, 0.6) is 11.5 Å². The van der Waals surface area contributed by atoms with Gasteiger partial charge in [0.05, 0.1) is 5.02 Å². The Balaban J connectivity index is 1.44. The molecule has 2 aliphatic rings. The zero-order valence-corrected chi connectivity index (χ0v) is 20.9. The van der Waals surface area contributed by atoms with Gasteiger partial charge in [-0.1, -0.05) is 29.6 Å². The lowest BCUT2D eigenvalue weighted by Crippen LogP contribution is -2.41. The maximum Gasteiger partial charge on any atom is 0.166 e.